The van der Waals surface area contributed by atoms with Crippen LogP contribution in [0.2, 0.25) is 0 Å². The van der Waals surface area contributed by atoms with E-state index in [2.05, 4.69) is 15.4 Å². The molecular weight excluding hydrogens is 354 g/mol. The van der Waals surface area contributed by atoms with Gasteiger partial charge in [-0.15, -0.1) is 0 Å². The number of aromatic nitrogens is 1. The predicted octanol–water partition coefficient (Wildman–Crippen LogP) is 3.98. The minimum absolute atomic E-state index is 0.0113. The van der Waals surface area contributed by atoms with Gasteiger partial charge < -0.3 is 14.3 Å². The van der Waals surface area contributed by atoms with Crippen LogP contribution in [0, 0.1) is 13.8 Å². The van der Waals surface area contributed by atoms with E-state index in [9.17, 15) is 4.79 Å². The molecule has 6 heteroatoms. The highest BCUT2D eigenvalue weighted by Gasteiger charge is 2.23. The summed E-state index contributed by atoms with van der Waals surface area (Å²) < 4.78 is 10.9. The molecule has 6 nitrogen and oxygen atoms in total. The molecule has 0 saturated heterocycles. The van der Waals surface area contributed by atoms with Gasteiger partial charge in [0.15, 0.2) is 0 Å². The van der Waals surface area contributed by atoms with Crippen LogP contribution in [-0.2, 0) is 19.6 Å². The number of carbonyl (C=O) groups excluding carboxylic acids is 1. The fraction of sp³-hybridized carbons (Fsp3) is 0.364. The van der Waals surface area contributed by atoms with E-state index in [0.717, 1.165) is 47.7 Å². The summed E-state index contributed by atoms with van der Waals surface area (Å²) in [7, 11) is 0. The third kappa shape index (κ3) is 4.51. The van der Waals surface area contributed by atoms with E-state index in [1.807, 2.05) is 50.2 Å². The first-order valence-electron chi connectivity index (χ1n) is 9.65. The monoisotopic (exact) mass is 379 g/mol. The Hall–Kier alpha value is -2.86. The lowest BCUT2D eigenvalue weighted by Crippen LogP contribution is -2.25. The summed E-state index contributed by atoms with van der Waals surface area (Å²) in [5.74, 6) is 1.76. The van der Waals surface area contributed by atoms with Crippen molar-refractivity contribution in [2.24, 2.45) is 0 Å². The quantitative estimate of drug-likeness (QED) is 0.641. The number of hydrogen-bond donors (Lipinski definition) is 1. The van der Waals surface area contributed by atoms with Gasteiger partial charge in [-0.1, -0.05) is 17.3 Å². The summed E-state index contributed by atoms with van der Waals surface area (Å²) in [5, 5.41) is 7.09. The molecule has 0 spiro atoms. The number of amides is 1. The molecule has 1 amide bonds. The molecule has 2 heterocycles. The van der Waals surface area contributed by atoms with Crippen molar-refractivity contribution in [3.8, 4) is 0 Å². The Bertz CT molecular complexity index is 905. The van der Waals surface area contributed by atoms with Crippen LogP contribution in [0.5, 0.6) is 0 Å². The van der Waals surface area contributed by atoms with Crippen LogP contribution < -0.4 is 5.32 Å². The molecule has 0 radical (unpaired) electrons. The molecule has 1 fully saturated rings. The maximum absolute atomic E-state index is 12.2. The van der Waals surface area contributed by atoms with Crippen molar-refractivity contribution in [2.45, 2.75) is 52.4 Å². The largest absolute Gasteiger partial charge is 0.468 e. The summed E-state index contributed by atoms with van der Waals surface area (Å²) in [4.78, 5) is 14.5. The maximum atomic E-state index is 12.2. The van der Waals surface area contributed by atoms with E-state index in [4.69, 9.17) is 8.94 Å². The van der Waals surface area contributed by atoms with Crippen LogP contribution in [0.3, 0.4) is 0 Å². The normalized spacial score (nSPS) is 13.8. The number of hydrogen-bond acceptors (Lipinski definition) is 5. The van der Waals surface area contributed by atoms with E-state index in [1.165, 1.54) is 0 Å². The summed E-state index contributed by atoms with van der Waals surface area (Å²) in [6.45, 7) is 6.03. The Morgan fingerprint density at radius 2 is 1.93 bits per heavy atom. The van der Waals surface area contributed by atoms with E-state index in [0.29, 0.717) is 24.7 Å². The van der Waals surface area contributed by atoms with Crippen molar-refractivity contribution < 1.29 is 13.7 Å². The molecule has 4 rings (SSSR count). The first kappa shape index (κ1) is 18.5. The Morgan fingerprint density at radius 1 is 1.14 bits per heavy atom. The van der Waals surface area contributed by atoms with Gasteiger partial charge in [0.25, 0.3) is 5.91 Å². The summed E-state index contributed by atoms with van der Waals surface area (Å²) in [6, 6.07) is 12.1. The minimum atomic E-state index is 0.0113. The van der Waals surface area contributed by atoms with Gasteiger partial charge in [-0.25, -0.2) is 0 Å². The van der Waals surface area contributed by atoms with Gasteiger partial charge in [0, 0.05) is 30.3 Å². The highest BCUT2D eigenvalue weighted by Crippen LogP contribution is 2.21. The second-order valence-corrected chi connectivity index (χ2v) is 7.47. The number of furan rings is 1. The van der Waals surface area contributed by atoms with Crippen molar-refractivity contribution in [3.63, 3.8) is 0 Å². The van der Waals surface area contributed by atoms with Crippen LogP contribution in [0.4, 0.5) is 0 Å². The van der Waals surface area contributed by atoms with Crippen molar-refractivity contribution >= 4 is 5.91 Å². The summed E-state index contributed by atoms with van der Waals surface area (Å²) in [6.07, 6.45) is 3.87. The van der Waals surface area contributed by atoms with E-state index in [-0.39, 0.29) is 5.91 Å². The van der Waals surface area contributed by atoms with Crippen LogP contribution in [0.15, 0.2) is 51.6 Å². The average molecular weight is 379 g/mol. The molecule has 1 saturated carbocycles. The lowest BCUT2D eigenvalue weighted by atomic mass is 10.1. The number of rotatable bonds is 8. The van der Waals surface area contributed by atoms with Gasteiger partial charge in [0.1, 0.15) is 11.5 Å². The zero-order valence-corrected chi connectivity index (χ0v) is 16.3. The number of aryl methyl sites for hydroxylation is 2. The van der Waals surface area contributed by atoms with Gasteiger partial charge >= 0.3 is 0 Å². The first-order valence-corrected chi connectivity index (χ1v) is 9.65. The number of carbonyl (C=O) groups is 1. The highest BCUT2D eigenvalue weighted by molar-refractivity contribution is 5.94. The number of nitrogens with one attached hydrogen (secondary N) is 1. The Morgan fingerprint density at radius 3 is 2.54 bits per heavy atom. The van der Waals surface area contributed by atoms with Gasteiger partial charge in [-0.3, -0.25) is 9.69 Å². The third-order valence-electron chi connectivity index (χ3n) is 5.06. The fourth-order valence-corrected chi connectivity index (χ4v) is 3.26. The highest BCUT2D eigenvalue weighted by atomic mass is 16.5. The SMILES string of the molecule is Cc1noc(C)c1CN(Cc1ccc(C(=O)NC2CC2)cc1)Cc1ccco1. The molecule has 1 aromatic carbocycles. The molecule has 28 heavy (non-hydrogen) atoms. The zero-order valence-electron chi connectivity index (χ0n) is 16.3. The van der Waals surface area contributed by atoms with E-state index in [1.54, 1.807) is 6.26 Å². The molecule has 3 aromatic rings. The fourth-order valence-electron chi connectivity index (χ4n) is 3.26. The van der Waals surface area contributed by atoms with Gasteiger partial charge in [-0.2, -0.15) is 0 Å². The minimum Gasteiger partial charge on any atom is -0.468 e. The lowest BCUT2D eigenvalue weighted by molar-refractivity contribution is 0.0951. The van der Waals surface area contributed by atoms with Crippen molar-refractivity contribution in [3.05, 3.63) is 76.6 Å². The molecule has 0 atom stereocenters. The molecule has 0 aliphatic heterocycles. The van der Waals surface area contributed by atoms with Crippen molar-refractivity contribution in [1.29, 1.82) is 0 Å². The third-order valence-corrected chi connectivity index (χ3v) is 5.06. The van der Waals surface area contributed by atoms with Crippen LogP contribution in [-0.4, -0.2) is 22.0 Å². The molecule has 1 N–H and O–H groups in total. The van der Waals surface area contributed by atoms with Gasteiger partial charge in [0.05, 0.1) is 18.5 Å². The van der Waals surface area contributed by atoms with Gasteiger partial charge in [-0.05, 0) is 56.5 Å². The first-order chi connectivity index (χ1) is 13.6. The van der Waals surface area contributed by atoms with Crippen LogP contribution >= 0.6 is 0 Å². The summed E-state index contributed by atoms with van der Waals surface area (Å²) >= 11 is 0. The molecule has 1 aliphatic rings. The topological polar surface area (TPSA) is 71.5 Å². The Labute approximate surface area is 164 Å². The molecule has 146 valence electrons. The number of nitrogens with zero attached hydrogens (tertiary/aromatic N) is 2. The van der Waals surface area contributed by atoms with Crippen molar-refractivity contribution in [1.82, 2.24) is 15.4 Å². The second kappa shape index (κ2) is 8.02. The molecular formula is C22H25N3O3. The maximum Gasteiger partial charge on any atom is 0.251 e. The molecule has 0 unspecified atom stereocenters. The second-order valence-electron chi connectivity index (χ2n) is 7.47. The van der Waals surface area contributed by atoms with Gasteiger partial charge in [0.2, 0.25) is 0 Å². The number of benzene rings is 1. The van der Waals surface area contributed by atoms with E-state index >= 15 is 0 Å². The molecule has 1 aliphatic carbocycles. The smallest absolute Gasteiger partial charge is 0.251 e. The molecule has 0 bridgehead atoms. The van der Waals surface area contributed by atoms with Crippen molar-refractivity contribution in [2.75, 3.05) is 0 Å². The van der Waals surface area contributed by atoms with E-state index < -0.39 is 0 Å². The standard InChI is InChI=1S/C22H25N3O3/c1-15-21(16(2)28-24-15)14-25(13-20-4-3-11-27-20)12-17-5-7-18(8-6-17)22(26)23-19-9-10-19/h3-8,11,19H,9-10,12-14H2,1-2H3,(H,23,26). The lowest BCUT2D eigenvalue weighted by Gasteiger charge is -2.21. The Balaban J connectivity index is 1.47. The van der Waals surface area contributed by atoms with Crippen LogP contribution in [0.25, 0.3) is 0 Å². The van der Waals surface area contributed by atoms with Crippen LogP contribution in [0.1, 0.15) is 51.5 Å². The summed E-state index contributed by atoms with van der Waals surface area (Å²) in [5.41, 5.74) is 3.86. The molecule has 2 aromatic heterocycles. The zero-order chi connectivity index (χ0) is 19.5. The Kier molecular flexibility index (Phi) is 5.30. The predicted molar refractivity (Wildman–Crippen MR) is 105 cm³/mol. The average Bonchev–Trinajstić information content (AvgIpc) is 3.25.